The number of piperidine rings is 1. The van der Waals surface area contributed by atoms with Gasteiger partial charge in [-0.25, -0.2) is 8.78 Å². The van der Waals surface area contributed by atoms with Crippen LogP contribution >= 0.6 is 0 Å². The van der Waals surface area contributed by atoms with E-state index in [4.69, 9.17) is 10.00 Å². The summed E-state index contributed by atoms with van der Waals surface area (Å²) < 4.78 is 32.3. The summed E-state index contributed by atoms with van der Waals surface area (Å²) in [5, 5.41) is 20.1. The molecule has 0 aromatic heterocycles. The van der Waals surface area contributed by atoms with Gasteiger partial charge in [-0.3, -0.25) is 4.90 Å². The number of hydrogen-bond acceptors (Lipinski definition) is 4. The maximum absolute atomic E-state index is 13.6. The Bertz CT molecular complexity index is 600. The molecule has 2 heterocycles. The van der Waals surface area contributed by atoms with Gasteiger partial charge in [0.2, 0.25) is 0 Å². The number of morpholine rings is 1. The van der Waals surface area contributed by atoms with Crippen molar-refractivity contribution >= 4 is 0 Å². The van der Waals surface area contributed by atoms with Crippen molar-refractivity contribution in [1.82, 2.24) is 4.90 Å². The summed E-state index contributed by atoms with van der Waals surface area (Å²) in [5.41, 5.74) is -1.17. The first kappa shape index (κ1) is 14.4. The molecule has 2 saturated heterocycles. The number of hydrogen-bond donors (Lipinski definition) is 1. The number of benzene rings is 1. The van der Waals surface area contributed by atoms with Gasteiger partial charge in [-0.1, -0.05) is 0 Å². The van der Waals surface area contributed by atoms with Crippen LogP contribution in [0.15, 0.2) is 12.1 Å². The first-order valence-electron chi connectivity index (χ1n) is 6.86. The van der Waals surface area contributed by atoms with Crippen molar-refractivity contribution in [2.45, 2.75) is 30.5 Å². The van der Waals surface area contributed by atoms with Gasteiger partial charge in [0.15, 0.2) is 11.6 Å². The molecule has 2 aliphatic heterocycles. The van der Waals surface area contributed by atoms with E-state index in [9.17, 15) is 13.9 Å². The van der Waals surface area contributed by atoms with Crippen molar-refractivity contribution in [3.63, 3.8) is 0 Å². The van der Waals surface area contributed by atoms with Crippen molar-refractivity contribution in [1.29, 1.82) is 5.26 Å². The molecule has 2 bridgehead atoms. The van der Waals surface area contributed by atoms with Gasteiger partial charge in [0.05, 0.1) is 30.4 Å². The second-order valence-electron chi connectivity index (χ2n) is 5.87. The largest absolute Gasteiger partial charge is 0.385 e. The van der Waals surface area contributed by atoms with Crippen LogP contribution < -0.4 is 0 Å². The molecule has 2 aliphatic rings. The molecule has 3 rings (SSSR count). The van der Waals surface area contributed by atoms with E-state index in [0.717, 1.165) is 12.1 Å². The van der Waals surface area contributed by atoms with Crippen LogP contribution in [0.2, 0.25) is 0 Å². The SMILES string of the molecule is CN1C2COCC1CC(O)(c1cc(F)c(F)cc1C#N)C2. The van der Waals surface area contributed by atoms with E-state index in [1.165, 1.54) is 0 Å². The maximum Gasteiger partial charge on any atom is 0.160 e. The zero-order valence-corrected chi connectivity index (χ0v) is 11.6. The lowest BCUT2D eigenvalue weighted by Crippen LogP contribution is -2.59. The Balaban J connectivity index is 2.04. The normalized spacial score (nSPS) is 32.7. The summed E-state index contributed by atoms with van der Waals surface area (Å²) in [7, 11) is 1.97. The van der Waals surface area contributed by atoms with Crippen LogP contribution in [0.5, 0.6) is 0 Å². The third-order valence-electron chi connectivity index (χ3n) is 4.60. The number of halogens is 2. The molecule has 0 amide bonds. The minimum Gasteiger partial charge on any atom is -0.385 e. The molecule has 6 heteroatoms. The minimum absolute atomic E-state index is 0.00200. The molecule has 1 aromatic rings. The Kier molecular flexibility index (Phi) is 3.44. The van der Waals surface area contributed by atoms with Gasteiger partial charge < -0.3 is 9.84 Å². The van der Waals surface area contributed by atoms with Crippen LogP contribution in [0.3, 0.4) is 0 Å². The molecule has 1 N–H and O–H groups in total. The van der Waals surface area contributed by atoms with Crippen LogP contribution in [0.1, 0.15) is 24.0 Å². The maximum atomic E-state index is 13.6. The Hall–Kier alpha value is -1.55. The topological polar surface area (TPSA) is 56.5 Å². The number of likely N-dealkylation sites (N-methyl/N-ethyl adjacent to an activating group) is 1. The number of nitrogens with zero attached hydrogens (tertiary/aromatic N) is 2. The number of nitriles is 1. The van der Waals surface area contributed by atoms with E-state index in [2.05, 4.69) is 4.90 Å². The Morgan fingerprint density at radius 1 is 1.29 bits per heavy atom. The third kappa shape index (κ3) is 2.31. The van der Waals surface area contributed by atoms with E-state index in [1.807, 2.05) is 13.1 Å². The van der Waals surface area contributed by atoms with E-state index >= 15 is 0 Å². The molecule has 2 unspecified atom stereocenters. The van der Waals surface area contributed by atoms with Gasteiger partial charge in [0, 0.05) is 17.6 Å². The summed E-state index contributed by atoms with van der Waals surface area (Å²) >= 11 is 0. The Labute approximate surface area is 121 Å². The average Bonchev–Trinajstić information content (AvgIpc) is 2.43. The molecule has 4 nitrogen and oxygen atoms in total. The lowest BCUT2D eigenvalue weighted by molar-refractivity contribution is -0.137. The van der Waals surface area contributed by atoms with E-state index < -0.39 is 17.2 Å². The zero-order chi connectivity index (χ0) is 15.2. The van der Waals surface area contributed by atoms with Crippen LogP contribution in [0.25, 0.3) is 0 Å². The quantitative estimate of drug-likeness (QED) is 0.853. The summed E-state index contributed by atoms with van der Waals surface area (Å²) in [6.45, 7) is 0.974. The molecular formula is C15H16F2N2O2. The fourth-order valence-corrected chi connectivity index (χ4v) is 3.39. The lowest BCUT2D eigenvalue weighted by Gasteiger charge is -2.50. The molecule has 0 radical (unpaired) electrons. The number of rotatable bonds is 1. The van der Waals surface area contributed by atoms with Crippen LogP contribution in [0, 0.1) is 23.0 Å². The van der Waals surface area contributed by atoms with Gasteiger partial charge in [-0.05, 0) is 32.0 Å². The molecule has 0 saturated carbocycles. The fourth-order valence-electron chi connectivity index (χ4n) is 3.39. The smallest absolute Gasteiger partial charge is 0.160 e. The standard InChI is InChI=1S/C15H16F2N2O2/c1-19-10-4-15(20,5-11(19)8-21-7-10)12-3-14(17)13(16)2-9(12)6-18/h2-3,10-11,20H,4-5,7-8H2,1H3. The number of ether oxygens (including phenoxy) is 1. The summed E-state index contributed by atoms with van der Waals surface area (Å²) in [6, 6.07) is 3.66. The lowest BCUT2D eigenvalue weighted by atomic mass is 9.75. The monoisotopic (exact) mass is 294 g/mol. The van der Waals surface area contributed by atoms with Crippen molar-refractivity contribution in [3.05, 3.63) is 34.9 Å². The summed E-state index contributed by atoms with van der Waals surface area (Å²) in [4.78, 5) is 2.14. The van der Waals surface area contributed by atoms with Gasteiger partial charge in [0.1, 0.15) is 0 Å². The van der Waals surface area contributed by atoms with Crippen LogP contribution in [-0.4, -0.2) is 42.4 Å². The van der Waals surface area contributed by atoms with Gasteiger partial charge in [-0.2, -0.15) is 5.26 Å². The predicted octanol–water partition coefficient (Wildman–Crippen LogP) is 1.52. The van der Waals surface area contributed by atoms with Crippen molar-refractivity contribution < 1.29 is 18.6 Å². The molecule has 2 fully saturated rings. The fraction of sp³-hybridized carbons (Fsp3) is 0.533. The highest BCUT2D eigenvalue weighted by Gasteiger charge is 2.46. The van der Waals surface area contributed by atoms with Crippen molar-refractivity contribution in [3.8, 4) is 6.07 Å². The van der Waals surface area contributed by atoms with E-state index in [1.54, 1.807) is 0 Å². The van der Waals surface area contributed by atoms with Gasteiger partial charge >= 0.3 is 0 Å². The Morgan fingerprint density at radius 3 is 2.43 bits per heavy atom. The first-order chi connectivity index (χ1) is 9.94. The highest BCUT2D eigenvalue weighted by Crippen LogP contribution is 2.41. The predicted molar refractivity (Wildman–Crippen MR) is 70.4 cm³/mol. The second-order valence-corrected chi connectivity index (χ2v) is 5.87. The molecule has 2 atom stereocenters. The number of aliphatic hydroxyl groups is 1. The molecule has 0 spiro atoms. The van der Waals surface area contributed by atoms with Crippen LogP contribution in [-0.2, 0) is 10.3 Å². The van der Waals surface area contributed by atoms with Crippen LogP contribution in [0.4, 0.5) is 8.78 Å². The highest BCUT2D eigenvalue weighted by atomic mass is 19.2. The van der Waals surface area contributed by atoms with E-state index in [-0.39, 0.29) is 23.2 Å². The van der Waals surface area contributed by atoms with Gasteiger partial charge in [-0.15, -0.1) is 0 Å². The summed E-state index contributed by atoms with van der Waals surface area (Å²) in [6.07, 6.45) is 0.666. The highest BCUT2D eigenvalue weighted by molar-refractivity contribution is 5.42. The molecular weight excluding hydrogens is 278 g/mol. The molecule has 112 valence electrons. The zero-order valence-electron chi connectivity index (χ0n) is 11.6. The molecule has 0 aliphatic carbocycles. The average molecular weight is 294 g/mol. The van der Waals surface area contributed by atoms with E-state index in [0.29, 0.717) is 26.1 Å². The van der Waals surface area contributed by atoms with Gasteiger partial charge in [0.25, 0.3) is 0 Å². The number of fused-ring (bicyclic) bond motifs is 2. The summed E-state index contributed by atoms with van der Waals surface area (Å²) in [5.74, 6) is -2.12. The minimum atomic E-state index is -1.33. The first-order valence-corrected chi connectivity index (χ1v) is 6.86. The van der Waals surface area contributed by atoms with Crippen molar-refractivity contribution in [2.24, 2.45) is 0 Å². The molecule has 21 heavy (non-hydrogen) atoms. The third-order valence-corrected chi connectivity index (χ3v) is 4.60. The second kappa shape index (κ2) is 5.02. The van der Waals surface area contributed by atoms with Crippen molar-refractivity contribution in [2.75, 3.05) is 20.3 Å². The molecule has 1 aromatic carbocycles. The Morgan fingerprint density at radius 2 is 1.86 bits per heavy atom.